The van der Waals surface area contributed by atoms with E-state index < -0.39 is 23.5 Å². The Morgan fingerprint density at radius 2 is 1.90 bits per heavy atom. The first kappa shape index (κ1) is 20.7. The van der Waals surface area contributed by atoms with Crippen molar-refractivity contribution in [2.45, 2.75) is 26.4 Å². The minimum atomic E-state index is -1.08. The first-order valence-electron chi connectivity index (χ1n) is 9.13. The van der Waals surface area contributed by atoms with E-state index >= 15 is 0 Å². The van der Waals surface area contributed by atoms with Gasteiger partial charge in [-0.05, 0) is 30.2 Å². The van der Waals surface area contributed by atoms with Crippen molar-refractivity contribution in [2.24, 2.45) is 5.92 Å². The zero-order valence-corrected chi connectivity index (χ0v) is 16.3. The second-order valence-corrected chi connectivity index (χ2v) is 6.95. The molecule has 1 amide bonds. The normalized spacial score (nSPS) is 12.0. The number of anilines is 2. The number of carbonyl (C=O) groups is 2. The van der Waals surface area contributed by atoms with Crippen LogP contribution in [0.1, 0.15) is 29.9 Å². The molecule has 0 spiro atoms. The van der Waals surface area contributed by atoms with Gasteiger partial charge in [0.15, 0.2) is 11.2 Å². The number of carbonyl (C=O) groups excluding carboxylic acids is 1. The minimum absolute atomic E-state index is 0.0279. The van der Waals surface area contributed by atoms with E-state index in [-0.39, 0.29) is 29.6 Å². The fourth-order valence-corrected chi connectivity index (χ4v) is 2.73. The molecule has 3 aromatic rings. The van der Waals surface area contributed by atoms with Crippen LogP contribution in [0.5, 0.6) is 0 Å². The Bertz CT molecular complexity index is 1140. The molecule has 156 valence electrons. The van der Waals surface area contributed by atoms with Crippen LogP contribution >= 0.6 is 0 Å². The standard InChI is InChI=1S/C19H21N7O4/c1-9(2)13(18(29)30)24-16(27)10-3-5-11(6-4-10)21-7-12-8-22-15-14(23-12)17(28)26-19(20)25-15/h3-6,8-9,13,21H,7H2,1-2H3,(H,24,27)(H,29,30)(H3,20,22,25,26,28). The van der Waals surface area contributed by atoms with Gasteiger partial charge in [0, 0.05) is 11.3 Å². The maximum absolute atomic E-state index is 12.3. The third-order valence-electron chi connectivity index (χ3n) is 4.33. The topological polar surface area (TPSA) is 176 Å². The number of benzene rings is 1. The minimum Gasteiger partial charge on any atom is -0.480 e. The van der Waals surface area contributed by atoms with Crippen molar-refractivity contribution in [1.82, 2.24) is 25.3 Å². The fraction of sp³-hybridized carbons (Fsp3) is 0.263. The molecular weight excluding hydrogens is 390 g/mol. The van der Waals surface area contributed by atoms with Crippen molar-refractivity contribution in [1.29, 1.82) is 0 Å². The number of aromatic amines is 1. The van der Waals surface area contributed by atoms with Crippen LogP contribution in [0.15, 0.2) is 35.3 Å². The molecule has 1 atom stereocenters. The number of hydrogen-bond donors (Lipinski definition) is 5. The van der Waals surface area contributed by atoms with Crippen LogP contribution in [-0.4, -0.2) is 43.0 Å². The predicted octanol–water partition coefficient (Wildman–Crippen LogP) is 0.746. The molecule has 0 bridgehead atoms. The molecule has 2 aromatic heterocycles. The largest absolute Gasteiger partial charge is 0.480 e. The van der Waals surface area contributed by atoms with Gasteiger partial charge in [-0.3, -0.25) is 14.6 Å². The van der Waals surface area contributed by atoms with Crippen molar-refractivity contribution in [3.05, 3.63) is 52.1 Å². The summed E-state index contributed by atoms with van der Waals surface area (Å²) in [5, 5.41) is 14.8. The van der Waals surface area contributed by atoms with E-state index in [1.807, 2.05) is 0 Å². The Hall–Kier alpha value is -4.02. The van der Waals surface area contributed by atoms with Crippen LogP contribution in [0.25, 0.3) is 11.2 Å². The van der Waals surface area contributed by atoms with Crippen LogP contribution in [0, 0.1) is 5.92 Å². The molecule has 0 radical (unpaired) electrons. The van der Waals surface area contributed by atoms with Crippen molar-refractivity contribution >= 4 is 34.7 Å². The number of nitrogens with zero attached hydrogens (tertiary/aromatic N) is 3. The van der Waals surface area contributed by atoms with Crippen LogP contribution in [0.4, 0.5) is 11.6 Å². The Labute approximate surface area is 170 Å². The number of carboxylic acid groups (broad SMARTS) is 1. The Balaban J connectivity index is 1.66. The maximum atomic E-state index is 12.3. The van der Waals surface area contributed by atoms with E-state index in [0.29, 0.717) is 16.9 Å². The summed E-state index contributed by atoms with van der Waals surface area (Å²) in [6.07, 6.45) is 1.49. The third-order valence-corrected chi connectivity index (χ3v) is 4.33. The molecule has 0 saturated carbocycles. The van der Waals surface area contributed by atoms with E-state index in [1.54, 1.807) is 38.1 Å². The highest BCUT2D eigenvalue weighted by molar-refractivity contribution is 5.96. The van der Waals surface area contributed by atoms with Gasteiger partial charge in [0.05, 0.1) is 18.4 Å². The zero-order valence-electron chi connectivity index (χ0n) is 16.3. The number of amides is 1. The number of carboxylic acids is 1. The van der Waals surface area contributed by atoms with Gasteiger partial charge >= 0.3 is 5.97 Å². The summed E-state index contributed by atoms with van der Waals surface area (Å²) in [7, 11) is 0. The lowest BCUT2D eigenvalue weighted by Gasteiger charge is -2.18. The molecule has 1 unspecified atom stereocenters. The number of nitrogens with one attached hydrogen (secondary N) is 3. The second-order valence-electron chi connectivity index (χ2n) is 6.95. The van der Waals surface area contributed by atoms with Crippen LogP contribution in [0.3, 0.4) is 0 Å². The molecule has 0 fully saturated rings. The fourth-order valence-electron chi connectivity index (χ4n) is 2.73. The smallest absolute Gasteiger partial charge is 0.326 e. The highest BCUT2D eigenvalue weighted by atomic mass is 16.4. The number of rotatable bonds is 7. The Kier molecular flexibility index (Phi) is 5.90. The van der Waals surface area contributed by atoms with Crippen molar-refractivity contribution in [3.63, 3.8) is 0 Å². The number of aromatic nitrogens is 4. The third kappa shape index (κ3) is 4.69. The van der Waals surface area contributed by atoms with Crippen LogP contribution in [0.2, 0.25) is 0 Å². The van der Waals surface area contributed by atoms with Gasteiger partial charge < -0.3 is 21.5 Å². The summed E-state index contributed by atoms with van der Waals surface area (Å²) >= 11 is 0. The first-order valence-corrected chi connectivity index (χ1v) is 9.13. The summed E-state index contributed by atoms with van der Waals surface area (Å²) < 4.78 is 0. The lowest BCUT2D eigenvalue weighted by molar-refractivity contribution is -0.140. The van der Waals surface area contributed by atoms with Crippen LogP contribution in [-0.2, 0) is 11.3 Å². The van der Waals surface area contributed by atoms with Gasteiger partial charge in [0.25, 0.3) is 11.5 Å². The average Bonchev–Trinajstić information content (AvgIpc) is 2.70. The first-order chi connectivity index (χ1) is 14.2. The predicted molar refractivity (Wildman–Crippen MR) is 110 cm³/mol. The van der Waals surface area contributed by atoms with E-state index in [9.17, 15) is 19.5 Å². The molecule has 3 rings (SSSR count). The van der Waals surface area contributed by atoms with Crippen LogP contribution < -0.4 is 21.9 Å². The summed E-state index contributed by atoms with van der Waals surface area (Å²) in [5.74, 6) is -1.81. The van der Waals surface area contributed by atoms with Gasteiger partial charge in [-0.2, -0.15) is 4.98 Å². The highest BCUT2D eigenvalue weighted by Crippen LogP contribution is 2.12. The summed E-state index contributed by atoms with van der Waals surface area (Å²) in [6.45, 7) is 3.73. The van der Waals surface area contributed by atoms with Gasteiger partial charge in [-0.1, -0.05) is 13.8 Å². The summed E-state index contributed by atoms with van der Waals surface area (Å²) in [6, 6.07) is 5.57. The molecule has 2 heterocycles. The van der Waals surface area contributed by atoms with Gasteiger partial charge in [-0.25, -0.2) is 14.8 Å². The molecule has 1 aromatic carbocycles. The van der Waals surface area contributed by atoms with Gasteiger partial charge in [0.1, 0.15) is 6.04 Å². The van der Waals surface area contributed by atoms with Crippen molar-refractivity contribution < 1.29 is 14.7 Å². The molecule has 0 aliphatic rings. The summed E-state index contributed by atoms with van der Waals surface area (Å²) in [5.41, 5.74) is 6.83. The molecule has 11 nitrogen and oxygen atoms in total. The quantitative estimate of drug-likeness (QED) is 0.375. The number of H-pyrrole nitrogens is 1. The van der Waals surface area contributed by atoms with Gasteiger partial charge in [-0.15, -0.1) is 0 Å². The molecule has 6 N–H and O–H groups in total. The maximum Gasteiger partial charge on any atom is 0.326 e. The van der Waals surface area contributed by atoms with Crippen molar-refractivity contribution in [3.8, 4) is 0 Å². The second kappa shape index (κ2) is 8.55. The lowest BCUT2D eigenvalue weighted by atomic mass is 10.0. The number of nitrogens with two attached hydrogens (primary N) is 1. The number of aliphatic carboxylic acids is 1. The highest BCUT2D eigenvalue weighted by Gasteiger charge is 2.23. The van der Waals surface area contributed by atoms with E-state index in [1.165, 1.54) is 6.20 Å². The molecule has 0 aliphatic heterocycles. The average molecular weight is 411 g/mol. The number of nitrogen functional groups attached to an aromatic ring is 1. The molecule has 0 aliphatic carbocycles. The Morgan fingerprint density at radius 3 is 2.53 bits per heavy atom. The molecular formula is C19H21N7O4. The van der Waals surface area contributed by atoms with E-state index in [4.69, 9.17) is 5.73 Å². The molecule has 0 saturated heterocycles. The van der Waals surface area contributed by atoms with Crippen molar-refractivity contribution in [2.75, 3.05) is 11.1 Å². The SMILES string of the molecule is CC(C)C(NC(=O)c1ccc(NCc2cnc3nc(N)[nH]c(=O)c3n2)cc1)C(=O)O. The van der Waals surface area contributed by atoms with E-state index in [2.05, 4.69) is 30.6 Å². The number of fused-ring (bicyclic) bond motifs is 1. The Morgan fingerprint density at radius 1 is 1.20 bits per heavy atom. The number of hydrogen-bond acceptors (Lipinski definition) is 8. The van der Waals surface area contributed by atoms with E-state index in [0.717, 1.165) is 0 Å². The lowest BCUT2D eigenvalue weighted by Crippen LogP contribution is -2.44. The molecule has 11 heteroatoms. The zero-order chi connectivity index (χ0) is 21.8. The summed E-state index contributed by atoms with van der Waals surface area (Å²) in [4.78, 5) is 50.0. The van der Waals surface area contributed by atoms with Gasteiger partial charge in [0.2, 0.25) is 5.95 Å². The monoisotopic (exact) mass is 411 g/mol. The molecule has 30 heavy (non-hydrogen) atoms.